The van der Waals surface area contributed by atoms with E-state index in [4.69, 9.17) is 0 Å². The fourth-order valence-corrected chi connectivity index (χ4v) is 2.31. The average molecular weight is 233 g/mol. The number of aromatic amines is 2. The Hall–Kier alpha value is -1.58. The van der Waals surface area contributed by atoms with Gasteiger partial charge in [0.15, 0.2) is 0 Å². The highest BCUT2D eigenvalue weighted by molar-refractivity contribution is 5.80. The van der Waals surface area contributed by atoms with Crippen molar-refractivity contribution in [1.82, 2.24) is 15.0 Å². The topological polar surface area (TPSA) is 61.5 Å². The van der Waals surface area contributed by atoms with E-state index in [1.165, 1.54) is 6.33 Å². The van der Waals surface area contributed by atoms with Gasteiger partial charge in [0.25, 0.3) is 5.56 Å². The molecule has 2 aromatic rings. The fourth-order valence-electron chi connectivity index (χ4n) is 2.31. The average Bonchev–Trinajstić information content (AvgIpc) is 2.56. The Labute approximate surface area is 100 Å². The second-order valence-corrected chi connectivity index (χ2v) is 5.23. The SMILES string of the molecule is CC(C)Cc1[nH]c2nc[nH]c(=O)c2c1C(C)C. The smallest absolute Gasteiger partial charge is 0.260 e. The number of hydrogen-bond acceptors (Lipinski definition) is 2. The molecule has 2 heterocycles. The molecule has 0 aromatic carbocycles. The lowest BCUT2D eigenvalue weighted by Crippen LogP contribution is -2.08. The minimum Gasteiger partial charge on any atom is -0.343 e. The van der Waals surface area contributed by atoms with Crippen LogP contribution in [-0.2, 0) is 6.42 Å². The highest BCUT2D eigenvalue weighted by Gasteiger charge is 2.18. The van der Waals surface area contributed by atoms with Crippen molar-refractivity contribution in [3.05, 3.63) is 27.9 Å². The number of H-pyrrole nitrogens is 2. The molecule has 0 aliphatic carbocycles. The van der Waals surface area contributed by atoms with Crippen molar-refractivity contribution < 1.29 is 0 Å². The largest absolute Gasteiger partial charge is 0.343 e. The summed E-state index contributed by atoms with van der Waals surface area (Å²) in [6.07, 6.45) is 2.40. The van der Waals surface area contributed by atoms with Crippen molar-refractivity contribution in [2.45, 2.75) is 40.0 Å². The lowest BCUT2D eigenvalue weighted by atomic mass is 9.96. The Kier molecular flexibility index (Phi) is 3.05. The van der Waals surface area contributed by atoms with Crippen molar-refractivity contribution in [1.29, 1.82) is 0 Å². The summed E-state index contributed by atoms with van der Waals surface area (Å²) in [6, 6.07) is 0. The molecule has 2 aromatic heterocycles. The van der Waals surface area contributed by atoms with Crippen LogP contribution in [0, 0.1) is 5.92 Å². The first-order valence-electron chi connectivity index (χ1n) is 6.08. The molecule has 92 valence electrons. The van der Waals surface area contributed by atoms with Gasteiger partial charge in [-0.15, -0.1) is 0 Å². The number of nitrogens with zero attached hydrogens (tertiary/aromatic N) is 1. The van der Waals surface area contributed by atoms with E-state index < -0.39 is 0 Å². The van der Waals surface area contributed by atoms with Gasteiger partial charge in [0.2, 0.25) is 0 Å². The van der Waals surface area contributed by atoms with E-state index in [0.29, 0.717) is 17.5 Å². The molecule has 0 amide bonds. The molecule has 0 spiro atoms. The molecule has 0 radical (unpaired) electrons. The predicted octanol–water partition coefficient (Wildman–Crippen LogP) is 2.57. The number of aromatic nitrogens is 3. The van der Waals surface area contributed by atoms with Crippen LogP contribution in [0.3, 0.4) is 0 Å². The van der Waals surface area contributed by atoms with Gasteiger partial charge in [-0.25, -0.2) is 4.98 Å². The number of nitrogens with one attached hydrogen (secondary N) is 2. The maximum Gasteiger partial charge on any atom is 0.260 e. The van der Waals surface area contributed by atoms with E-state index in [1.807, 2.05) is 0 Å². The molecule has 2 rings (SSSR count). The first kappa shape index (κ1) is 11.9. The molecule has 0 saturated carbocycles. The van der Waals surface area contributed by atoms with Crippen LogP contribution in [0.1, 0.15) is 44.9 Å². The molecule has 0 unspecified atom stereocenters. The molecule has 2 N–H and O–H groups in total. The molecular formula is C13H19N3O. The Balaban J connectivity index is 2.72. The van der Waals surface area contributed by atoms with Gasteiger partial charge in [-0.05, 0) is 23.8 Å². The minimum absolute atomic E-state index is 0.0510. The van der Waals surface area contributed by atoms with Crippen LogP contribution in [0.15, 0.2) is 11.1 Å². The zero-order valence-corrected chi connectivity index (χ0v) is 10.8. The summed E-state index contributed by atoms with van der Waals surface area (Å²) in [5, 5.41) is 0.721. The fraction of sp³-hybridized carbons (Fsp3) is 0.538. The molecule has 0 bridgehead atoms. The Morgan fingerprint density at radius 1 is 1.29 bits per heavy atom. The Bertz CT molecular complexity index is 578. The Morgan fingerprint density at radius 2 is 2.00 bits per heavy atom. The standard InChI is InChI=1S/C13H19N3O/c1-7(2)5-9-10(8(3)4)11-12(16-9)14-6-15-13(11)17/h6-8H,5H2,1-4H3,(H2,14,15,16,17). The van der Waals surface area contributed by atoms with Crippen LogP contribution in [0.4, 0.5) is 0 Å². The second-order valence-electron chi connectivity index (χ2n) is 5.23. The molecule has 17 heavy (non-hydrogen) atoms. The van der Waals surface area contributed by atoms with Gasteiger partial charge < -0.3 is 9.97 Å². The highest BCUT2D eigenvalue weighted by atomic mass is 16.1. The van der Waals surface area contributed by atoms with E-state index in [-0.39, 0.29) is 5.56 Å². The quantitative estimate of drug-likeness (QED) is 0.855. The first-order chi connectivity index (χ1) is 8.00. The number of rotatable bonds is 3. The second kappa shape index (κ2) is 4.35. The van der Waals surface area contributed by atoms with E-state index in [0.717, 1.165) is 23.1 Å². The van der Waals surface area contributed by atoms with Crippen LogP contribution in [0.5, 0.6) is 0 Å². The Morgan fingerprint density at radius 3 is 2.59 bits per heavy atom. The first-order valence-corrected chi connectivity index (χ1v) is 6.08. The lowest BCUT2D eigenvalue weighted by Gasteiger charge is -2.09. The predicted molar refractivity (Wildman–Crippen MR) is 69.3 cm³/mol. The normalized spacial score (nSPS) is 11.9. The molecule has 0 saturated heterocycles. The maximum atomic E-state index is 11.9. The van der Waals surface area contributed by atoms with Gasteiger partial charge >= 0.3 is 0 Å². The van der Waals surface area contributed by atoms with Gasteiger partial charge in [-0.2, -0.15) is 0 Å². The van der Waals surface area contributed by atoms with Crippen molar-refractivity contribution in [2.75, 3.05) is 0 Å². The lowest BCUT2D eigenvalue weighted by molar-refractivity contribution is 0.630. The molecule has 0 fully saturated rings. The van der Waals surface area contributed by atoms with Gasteiger partial charge in [0.1, 0.15) is 5.65 Å². The molecule has 0 atom stereocenters. The number of fused-ring (bicyclic) bond motifs is 1. The summed E-state index contributed by atoms with van der Waals surface area (Å²) < 4.78 is 0. The molecule has 0 aliphatic rings. The summed E-state index contributed by atoms with van der Waals surface area (Å²) in [5.74, 6) is 0.877. The summed E-state index contributed by atoms with van der Waals surface area (Å²) in [7, 11) is 0. The van der Waals surface area contributed by atoms with Gasteiger partial charge in [0, 0.05) is 5.69 Å². The van der Waals surface area contributed by atoms with Gasteiger partial charge in [0.05, 0.1) is 11.7 Å². The third kappa shape index (κ3) is 2.12. The highest BCUT2D eigenvalue weighted by Crippen LogP contribution is 2.27. The van der Waals surface area contributed by atoms with Crippen molar-refractivity contribution in [3.8, 4) is 0 Å². The summed E-state index contributed by atoms with van der Waals surface area (Å²) in [4.78, 5) is 22.0. The van der Waals surface area contributed by atoms with Crippen LogP contribution < -0.4 is 5.56 Å². The summed E-state index contributed by atoms with van der Waals surface area (Å²) >= 11 is 0. The van der Waals surface area contributed by atoms with Crippen LogP contribution in [0.2, 0.25) is 0 Å². The van der Waals surface area contributed by atoms with E-state index in [1.54, 1.807) is 0 Å². The third-order valence-electron chi connectivity index (χ3n) is 2.91. The van der Waals surface area contributed by atoms with E-state index in [9.17, 15) is 4.79 Å². The molecule has 4 heteroatoms. The third-order valence-corrected chi connectivity index (χ3v) is 2.91. The van der Waals surface area contributed by atoms with Gasteiger partial charge in [-0.3, -0.25) is 4.79 Å². The molecule has 4 nitrogen and oxygen atoms in total. The van der Waals surface area contributed by atoms with Gasteiger partial charge in [-0.1, -0.05) is 27.7 Å². The van der Waals surface area contributed by atoms with Crippen molar-refractivity contribution in [3.63, 3.8) is 0 Å². The molecule has 0 aliphatic heterocycles. The van der Waals surface area contributed by atoms with E-state index >= 15 is 0 Å². The van der Waals surface area contributed by atoms with Crippen molar-refractivity contribution >= 4 is 11.0 Å². The maximum absolute atomic E-state index is 11.9. The van der Waals surface area contributed by atoms with Crippen LogP contribution in [0.25, 0.3) is 11.0 Å². The zero-order valence-electron chi connectivity index (χ0n) is 10.8. The number of hydrogen-bond donors (Lipinski definition) is 2. The van der Waals surface area contributed by atoms with Crippen molar-refractivity contribution in [2.24, 2.45) is 5.92 Å². The van der Waals surface area contributed by atoms with Crippen LogP contribution in [-0.4, -0.2) is 15.0 Å². The zero-order chi connectivity index (χ0) is 12.6. The summed E-state index contributed by atoms with van der Waals surface area (Å²) in [5.41, 5.74) is 2.91. The summed E-state index contributed by atoms with van der Waals surface area (Å²) in [6.45, 7) is 8.57. The van der Waals surface area contributed by atoms with Crippen LogP contribution >= 0.6 is 0 Å². The molecular weight excluding hydrogens is 214 g/mol. The van der Waals surface area contributed by atoms with E-state index in [2.05, 4.69) is 42.6 Å². The minimum atomic E-state index is -0.0510. The monoisotopic (exact) mass is 233 g/mol.